The molecule has 0 saturated carbocycles. The smallest absolute Gasteiger partial charge is 0.475 e. The summed E-state index contributed by atoms with van der Waals surface area (Å²) >= 11 is 1.37. The maximum Gasteiger partial charge on any atom is 0.490 e. The number of nitrogens with two attached hydrogens (primary N) is 1. The molecule has 0 spiro atoms. The van der Waals surface area contributed by atoms with Crippen LogP contribution in [0.3, 0.4) is 0 Å². The van der Waals surface area contributed by atoms with E-state index in [1.54, 1.807) is 6.07 Å². The maximum absolute atomic E-state index is 13.0. The van der Waals surface area contributed by atoms with Crippen LogP contribution in [0.2, 0.25) is 0 Å². The first-order chi connectivity index (χ1) is 18.6. The second kappa shape index (κ2) is 12.0. The molecule has 40 heavy (non-hydrogen) atoms. The zero-order chi connectivity index (χ0) is 29.8. The minimum Gasteiger partial charge on any atom is -0.475 e. The number of H-pyrrole nitrogens is 1. The second-order valence-electron chi connectivity index (χ2n) is 7.97. The summed E-state index contributed by atoms with van der Waals surface area (Å²) in [6.07, 6.45) is -10.6. The van der Waals surface area contributed by atoms with Gasteiger partial charge in [0.2, 0.25) is 0 Å². The van der Waals surface area contributed by atoms with Crippen LogP contribution in [-0.4, -0.2) is 43.5 Å². The first-order valence-corrected chi connectivity index (χ1v) is 11.6. The van der Waals surface area contributed by atoms with Gasteiger partial charge in [-0.2, -0.15) is 40.2 Å². The SMILES string of the molecule is NCC(Cc1n[nH]c(=O)n1Cc1cc2ccc(-c3ccc(C(F)(F)F)nc3)cc2s1)=C(F)F.O=C(O)C(F)(F)F. The normalized spacial score (nSPS) is 11.7. The average Bonchev–Trinajstić information content (AvgIpc) is 3.43. The van der Waals surface area contributed by atoms with Crippen molar-refractivity contribution in [3.63, 3.8) is 0 Å². The molecule has 0 aliphatic carbocycles. The molecule has 17 heteroatoms. The highest BCUT2D eigenvalue weighted by molar-refractivity contribution is 7.19. The lowest BCUT2D eigenvalue weighted by atomic mass is 10.1. The number of carboxylic acid groups (broad SMARTS) is 1. The number of thiophene rings is 1. The van der Waals surface area contributed by atoms with E-state index in [4.69, 9.17) is 15.6 Å². The van der Waals surface area contributed by atoms with Gasteiger partial charge in [0.05, 0.1) is 6.54 Å². The fraction of sp³-hybridized carbons (Fsp3) is 0.217. The Kier molecular flexibility index (Phi) is 9.09. The molecule has 0 radical (unpaired) electrons. The third-order valence-corrected chi connectivity index (χ3v) is 6.32. The van der Waals surface area contributed by atoms with E-state index in [0.717, 1.165) is 21.0 Å². The van der Waals surface area contributed by atoms with E-state index in [9.17, 15) is 39.9 Å². The van der Waals surface area contributed by atoms with Crippen LogP contribution in [0.4, 0.5) is 35.1 Å². The summed E-state index contributed by atoms with van der Waals surface area (Å²) in [5.74, 6) is -2.62. The number of nitrogens with one attached hydrogen (secondary N) is 1. The van der Waals surface area contributed by atoms with Crippen LogP contribution in [0.15, 0.2) is 59.0 Å². The molecule has 1 aromatic carbocycles. The predicted octanol–water partition coefficient (Wildman–Crippen LogP) is 5.20. The van der Waals surface area contributed by atoms with E-state index in [2.05, 4.69) is 15.2 Å². The average molecular weight is 595 g/mol. The van der Waals surface area contributed by atoms with E-state index in [1.165, 1.54) is 28.2 Å². The van der Waals surface area contributed by atoms with Crippen LogP contribution >= 0.6 is 11.3 Å². The zero-order valence-electron chi connectivity index (χ0n) is 19.8. The molecule has 4 rings (SSSR count). The first kappa shape index (κ1) is 30.4. The van der Waals surface area contributed by atoms with Gasteiger partial charge in [0.25, 0.3) is 6.08 Å². The molecule has 0 aliphatic rings. The number of carboxylic acids is 1. The number of aromatic amines is 1. The first-order valence-electron chi connectivity index (χ1n) is 10.8. The van der Waals surface area contributed by atoms with Crippen molar-refractivity contribution in [3.8, 4) is 11.1 Å². The number of fused-ring (bicyclic) bond motifs is 1. The largest absolute Gasteiger partial charge is 0.490 e. The lowest BCUT2D eigenvalue weighted by molar-refractivity contribution is -0.192. The van der Waals surface area contributed by atoms with Gasteiger partial charge in [0.1, 0.15) is 11.5 Å². The Labute approximate surface area is 222 Å². The summed E-state index contributed by atoms with van der Waals surface area (Å²) in [5.41, 5.74) is 4.77. The van der Waals surface area contributed by atoms with E-state index in [0.29, 0.717) is 11.1 Å². The van der Waals surface area contributed by atoms with Crippen LogP contribution in [-0.2, 0) is 23.9 Å². The van der Waals surface area contributed by atoms with Gasteiger partial charge in [0, 0.05) is 39.9 Å². The molecule has 4 aromatic rings. The Morgan fingerprint density at radius 3 is 2.23 bits per heavy atom. The number of halogens is 8. The van der Waals surface area contributed by atoms with Crippen LogP contribution in [0.5, 0.6) is 0 Å². The molecule has 0 amide bonds. The Balaban J connectivity index is 0.000000559. The van der Waals surface area contributed by atoms with Gasteiger partial charge in [-0.15, -0.1) is 11.3 Å². The number of hydrogen-bond acceptors (Lipinski definition) is 6. The summed E-state index contributed by atoms with van der Waals surface area (Å²) in [4.78, 5) is 25.3. The van der Waals surface area contributed by atoms with Gasteiger partial charge in [-0.25, -0.2) is 14.7 Å². The van der Waals surface area contributed by atoms with Gasteiger partial charge < -0.3 is 10.8 Å². The summed E-state index contributed by atoms with van der Waals surface area (Å²) in [7, 11) is 0. The van der Waals surface area contributed by atoms with E-state index in [-0.39, 0.29) is 30.9 Å². The number of aromatic nitrogens is 4. The number of alkyl halides is 6. The van der Waals surface area contributed by atoms with Crippen LogP contribution in [0, 0.1) is 0 Å². The summed E-state index contributed by atoms with van der Waals surface area (Å²) in [5, 5.41) is 14.1. The summed E-state index contributed by atoms with van der Waals surface area (Å²) in [6, 6.07) is 9.54. The Hall–Kier alpha value is -4.12. The molecule has 0 fully saturated rings. The van der Waals surface area contributed by atoms with Gasteiger partial charge in [-0.3, -0.25) is 9.55 Å². The van der Waals surface area contributed by atoms with Crippen LogP contribution in [0.1, 0.15) is 16.4 Å². The van der Waals surface area contributed by atoms with Gasteiger partial charge >= 0.3 is 24.0 Å². The van der Waals surface area contributed by atoms with Gasteiger partial charge in [-0.1, -0.05) is 18.2 Å². The van der Waals surface area contributed by atoms with E-state index < -0.39 is 35.8 Å². The van der Waals surface area contributed by atoms with Gasteiger partial charge in [0.15, 0.2) is 0 Å². The molecule has 0 saturated heterocycles. The minimum atomic E-state index is -5.08. The fourth-order valence-electron chi connectivity index (χ4n) is 3.29. The third-order valence-electron chi connectivity index (χ3n) is 5.24. The molecule has 214 valence electrons. The van der Waals surface area contributed by atoms with Crippen molar-refractivity contribution in [2.45, 2.75) is 25.3 Å². The van der Waals surface area contributed by atoms with Crippen molar-refractivity contribution in [1.82, 2.24) is 19.7 Å². The molecule has 3 heterocycles. The van der Waals surface area contributed by atoms with Crippen molar-refractivity contribution in [3.05, 3.63) is 81.1 Å². The highest BCUT2D eigenvalue weighted by Gasteiger charge is 2.38. The van der Waals surface area contributed by atoms with Crippen molar-refractivity contribution in [2.75, 3.05) is 6.54 Å². The Morgan fingerprint density at radius 1 is 1.05 bits per heavy atom. The third kappa shape index (κ3) is 7.50. The number of nitrogens with zero attached hydrogens (tertiary/aromatic N) is 3. The molecular weight excluding hydrogens is 578 g/mol. The minimum absolute atomic E-state index is 0.118. The number of aliphatic carboxylic acids is 1. The standard InChI is InChI=1S/C21H16F5N5OS.C2HF3O2/c22-19(23)14(8-27)7-18-29-30-20(32)31(18)10-15-5-12-2-1-11(6-16(12)33-15)13-3-4-17(28-9-13)21(24,25)26;3-2(4,5)1(6)7/h1-6,9H,7-8,10,27H2,(H,30,32);(H,6,7). The van der Waals surface area contributed by atoms with Crippen molar-refractivity contribution < 1.29 is 45.0 Å². The zero-order valence-corrected chi connectivity index (χ0v) is 20.6. The molecule has 3 aromatic heterocycles. The lowest BCUT2D eigenvalue weighted by Gasteiger charge is -2.06. The molecular formula is C23H17F8N5O3S. The molecule has 8 nitrogen and oxygen atoms in total. The highest BCUT2D eigenvalue weighted by atomic mass is 32.1. The lowest BCUT2D eigenvalue weighted by Crippen LogP contribution is -2.21. The quantitative estimate of drug-likeness (QED) is 0.263. The number of carbonyl (C=O) groups is 1. The van der Waals surface area contributed by atoms with E-state index in [1.807, 2.05) is 18.2 Å². The van der Waals surface area contributed by atoms with Crippen LogP contribution < -0.4 is 11.4 Å². The Bertz CT molecular complexity index is 1580. The second-order valence-corrected chi connectivity index (χ2v) is 9.14. The number of pyridine rings is 1. The maximum atomic E-state index is 13.0. The molecule has 0 unspecified atom stereocenters. The topological polar surface area (TPSA) is 127 Å². The molecule has 4 N–H and O–H groups in total. The fourth-order valence-corrected chi connectivity index (χ4v) is 4.38. The monoisotopic (exact) mass is 595 g/mol. The highest BCUT2D eigenvalue weighted by Crippen LogP contribution is 2.32. The number of rotatable bonds is 6. The summed E-state index contributed by atoms with van der Waals surface area (Å²) in [6.45, 7) is -0.235. The number of benzene rings is 1. The molecule has 0 atom stereocenters. The van der Waals surface area contributed by atoms with Crippen molar-refractivity contribution >= 4 is 27.4 Å². The van der Waals surface area contributed by atoms with Crippen molar-refractivity contribution in [1.29, 1.82) is 0 Å². The molecule has 0 aliphatic heterocycles. The predicted molar refractivity (Wildman–Crippen MR) is 128 cm³/mol. The number of hydrogen-bond donors (Lipinski definition) is 3. The Morgan fingerprint density at radius 2 is 1.70 bits per heavy atom. The molecule has 0 bridgehead atoms. The van der Waals surface area contributed by atoms with Gasteiger partial charge in [-0.05, 0) is 29.1 Å². The van der Waals surface area contributed by atoms with Crippen LogP contribution in [0.25, 0.3) is 21.2 Å². The van der Waals surface area contributed by atoms with Crippen molar-refractivity contribution in [2.24, 2.45) is 5.73 Å². The summed E-state index contributed by atoms with van der Waals surface area (Å²) < 4.78 is 98.0. The van der Waals surface area contributed by atoms with E-state index >= 15 is 0 Å².